The van der Waals surface area contributed by atoms with Crippen LogP contribution in [0, 0.1) is 17.3 Å². The lowest BCUT2D eigenvalue weighted by molar-refractivity contribution is -0.149. The molecule has 0 aromatic carbocycles. The Hall–Kier alpha value is -2.32. The summed E-state index contributed by atoms with van der Waals surface area (Å²) in [4.78, 5) is 56.8. The molecule has 5 atom stereocenters. The van der Waals surface area contributed by atoms with Crippen LogP contribution in [0.5, 0.6) is 0 Å². The molecular weight excluding hydrogens is 448 g/mol. The van der Waals surface area contributed by atoms with Gasteiger partial charge in [0, 0.05) is 31.6 Å². The first-order valence-corrected chi connectivity index (χ1v) is 13.4. The largest absolute Gasteiger partial charge is 0.444 e. The van der Waals surface area contributed by atoms with Crippen LogP contribution in [0.4, 0.5) is 4.79 Å². The standard InChI is InChI=1S/C26H40N4O5/c1-25(2,3)35-24(34)28-11-8-26(9-12-28)7-6-16(15-26)22(32)30-19-13-17(19)14-20(30)23(33)29-10-4-5-18(29)21(27)31/h16-20H,4-15H2,1-3H3,(H2,27,31)/t16?,17-,18-,19+,20+/m0/s1. The van der Waals surface area contributed by atoms with Gasteiger partial charge in [0.05, 0.1) is 0 Å². The first-order chi connectivity index (χ1) is 16.5. The summed E-state index contributed by atoms with van der Waals surface area (Å²) in [5, 5.41) is 0. The number of nitrogens with zero attached hydrogens (tertiary/aromatic N) is 3. The molecule has 2 saturated carbocycles. The van der Waals surface area contributed by atoms with Gasteiger partial charge in [-0.3, -0.25) is 14.4 Å². The van der Waals surface area contributed by atoms with E-state index in [4.69, 9.17) is 10.5 Å². The Morgan fingerprint density at radius 3 is 2.29 bits per heavy atom. The van der Waals surface area contributed by atoms with Crippen LogP contribution in [-0.4, -0.2) is 81.9 Å². The summed E-state index contributed by atoms with van der Waals surface area (Å²) in [7, 11) is 0. The third-order valence-electron chi connectivity index (χ3n) is 9.04. The van der Waals surface area contributed by atoms with E-state index in [1.54, 1.807) is 9.80 Å². The van der Waals surface area contributed by atoms with E-state index >= 15 is 0 Å². The number of amides is 4. The minimum atomic E-state index is -0.540. The summed E-state index contributed by atoms with van der Waals surface area (Å²) in [6, 6.07) is -0.810. The van der Waals surface area contributed by atoms with Gasteiger partial charge in [0.1, 0.15) is 17.7 Å². The van der Waals surface area contributed by atoms with Crippen LogP contribution in [0.3, 0.4) is 0 Å². The fourth-order valence-corrected chi connectivity index (χ4v) is 7.08. The van der Waals surface area contributed by atoms with Crippen molar-refractivity contribution in [1.82, 2.24) is 14.7 Å². The van der Waals surface area contributed by atoms with Gasteiger partial charge < -0.3 is 25.2 Å². The van der Waals surface area contributed by atoms with E-state index in [-0.39, 0.29) is 35.3 Å². The Morgan fingerprint density at radius 1 is 0.914 bits per heavy atom. The Morgan fingerprint density at radius 2 is 1.63 bits per heavy atom. The smallest absolute Gasteiger partial charge is 0.410 e. The zero-order valence-electron chi connectivity index (χ0n) is 21.3. The molecule has 3 heterocycles. The number of primary amides is 1. The second-order valence-electron chi connectivity index (χ2n) is 12.6. The molecule has 2 aliphatic carbocycles. The van der Waals surface area contributed by atoms with Crippen LogP contribution in [0.2, 0.25) is 0 Å². The molecule has 5 aliphatic rings. The topological polar surface area (TPSA) is 113 Å². The number of carbonyl (C=O) groups is 4. The van der Waals surface area contributed by atoms with Crippen molar-refractivity contribution in [1.29, 1.82) is 0 Å². The minimum absolute atomic E-state index is 0.0664. The fourth-order valence-electron chi connectivity index (χ4n) is 7.08. The van der Waals surface area contributed by atoms with Gasteiger partial charge in [-0.25, -0.2) is 4.79 Å². The number of piperidine rings is 2. The number of rotatable bonds is 3. The predicted octanol–water partition coefficient (Wildman–Crippen LogP) is 2.27. The van der Waals surface area contributed by atoms with Gasteiger partial charge in [-0.05, 0) is 89.9 Å². The van der Waals surface area contributed by atoms with Crippen LogP contribution in [0.1, 0.15) is 78.6 Å². The van der Waals surface area contributed by atoms with Crippen molar-refractivity contribution in [3.8, 4) is 0 Å². The molecule has 35 heavy (non-hydrogen) atoms. The fraction of sp³-hybridized carbons (Fsp3) is 0.846. The summed E-state index contributed by atoms with van der Waals surface area (Å²) in [6.07, 6.45) is 7.26. The van der Waals surface area contributed by atoms with Crippen molar-refractivity contribution < 1.29 is 23.9 Å². The summed E-state index contributed by atoms with van der Waals surface area (Å²) in [6.45, 7) is 7.50. The van der Waals surface area contributed by atoms with E-state index in [2.05, 4.69) is 0 Å². The molecular formula is C26H40N4O5. The number of ether oxygens (including phenoxy) is 1. The Bertz CT molecular complexity index is 906. The Balaban J connectivity index is 1.21. The van der Waals surface area contributed by atoms with Crippen molar-refractivity contribution in [3.63, 3.8) is 0 Å². The lowest BCUT2D eigenvalue weighted by Crippen LogP contribution is -2.54. The molecule has 0 aromatic rings. The zero-order valence-corrected chi connectivity index (χ0v) is 21.3. The number of hydrogen-bond acceptors (Lipinski definition) is 5. The van der Waals surface area contributed by atoms with Crippen LogP contribution < -0.4 is 5.73 Å². The van der Waals surface area contributed by atoms with Crippen molar-refractivity contribution in [2.75, 3.05) is 19.6 Å². The van der Waals surface area contributed by atoms with Crippen LogP contribution in [0.15, 0.2) is 0 Å². The second-order valence-corrected chi connectivity index (χ2v) is 12.6. The molecule has 1 spiro atoms. The van der Waals surface area contributed by atoms with Gasteiger partial charge in [0.2, 0.25) is 17.7 Å². The predicted molar refractivity (Wildman–Crippen MR) is 128 cm³/mol. The minimum Gasteiger partial charge on any atom is -0.444 e. The highest BCUT2D eigenvalue weighted by molar-refractivity contribution is 5.93. The van der Waals surface area contributed by atoms with E-state index in [1.807, 2.05) is 25.7 Å². The van der Waals surface area contributed by atoms with Crippen LogP contribution in [0.25, 0.3) is 0 Å². The van der Waals surface area contributed by atoms with Gasteiger partial charge in [-0.15, -0.1) is 0 Å². The first kappa shape index (κ1) is 24.4. The first-order valence-electron chi connectivity index (χ1n) is 13.4. The second kappa shape index (κ2) is 8.66. The Labute approximate surface area is 207 Å². The lowest BCUT2D eigenvalue weighted by Gasteiger charge is -2.40. The van der Waals surface area contributed by atoms with Gasteiger partial charge in [-0.2, -0.15) is 0 Å². The van der Waals surface area contributed by atoms with E-state index < -0.39 is 23.6 Å². The highest BCUT2D eigenvalue weighted by Crippen LogP contribution is 2.53. The van der Waals surface area contributed by atoms with Gasteiger partial charge in [0.15, 0.2) is 0 Å². The maximum absolute atomic E-state index is 13.8. The third-order valence-corrected chi connectivity index (χ3v) is 9.04. The van der Waals surface area contributed by atoms with Gasteiger partial charge in [-0.1, -0.05) is 0 Å². The lowest BCUT2D eigenvalue weighted by atomic mass is 9.76. The van der Waals surface area contributed by atoms with Crippen molar-refractivity contribution >= 4 is 23.8 Å². The van der Waals surface area contributed by atoms with Gasteiger partial charge in [0.25, 0.3) is 0 Å². The van der Waals surface area contributed by atoms with E-state index in [0.717, 1.165) is 44.9 Å². The number of nitrogens with two attached hydrogens (primary N) is 1. The third kappa shape index (κ3) is 4.62. The molecule has 0 bridgehead atoms. The molecule has 194 valence electrons. The summed E-state index contributed by atoms with van der Waals surface area (Å²) in [5.74, 6) is -0.0783. The maximum Gasteiger partial charge on any atom is 0.410 e. The number of hydrogen-bond donors (Lipinski definition) is 1. The summed E-state index contributed by atoms with van der Waals surface area (Å²) >= 11 is 0. The molecule has 5 rings (SSSR count). The van der Waals surface area contributed by atoms with Crippen molar-refractivity contribution in [2.45, 2.75) is 102 Å². The molecule has 3 saturated heterocycles. The van der Waals surface area contributed by atoms with Crippen molar-refractivity contribution in [2.24, 2.45) is 23.0 Å². The van der Waals surface area contributed by atoms with E-state index in [9.17, 15) is 19.2 Å². The molecule has 3 aliphatic heterocycles. The molecule has 9 heteroatoms. The molecule has 0 radical (unpaired) electrons. The van der Waals surface area contributed by atoms with Crippen molar-refractivity contribution in [3.05, 3.63) is 0 Å². The summed E-state index contributed by atoms with van der Waals surface area (Å²) in [5.41, 5.74) is 5.13. The molecule has 0 aromatic heterocycles. The van der Waals surface area contributed by atoms with E-state index in [1.165, 1.54) is 0 Å². The highest BCUT2D eigenvalue weighted by atomic mass is 16.6. The monoisotopic (exact) mass is 488 g/mol. The molecule has 9 nitrogen and oxygen atoms in total. The Kier molecular flexibility index (Phi) is 6.03. The number of fused-ring (bicyclic) bond motifs is 1. The molecule has 4 amide bonds. The average Bonchev–Trinajstić information content (AvgIpc) is 3.16. The normalized spacial score (nSPS) is 33.7. The molecule has 2 N–H and O–H groups in total. The highest BCUT2D eigenvalue weighted by Gasteiger charge is 2.59. The molecule has 5 fully saturated rings. The average molecular weight is 489 g/mol. The zero-order chi connectivity index (χ0) is 25.1. The van der Waals surface area contributed by atoms with E-state index in [0.29, 0.717) is 38.4 Å². The maximum atomic E-state index is 13.8. The number of carbonyl (C=O) groups excluding carboxylic acids is 4. The SMILES string of the molecule is CC(C)(C)OC(=O)N1CCC2(CCC(C(=O)N3[C@@H](C(=O)N4CCC[C@H]4C(N)=O)C[C@@H]4C[C@H]43)C2)CC1. The van der Waals surface area contributed by atoms with Crippen LogP contribution >= 0.6 is 0 Å². The van der Waals surface area contributed by atoms with Gasteiger partial charge >= 0.3 is 6.09 Å². The molecule has 1 unspecified atom stereocenters. The number of likely N-dealkylation sites (tertiary alicyclic amines) is 3. The van der Waals surface area contributed by atoms with Crippen LogP contribution in [-0.2, 0) is 19.1 Å². The summed E-state index contributed by atoms with van der Waals surface area (Å²) < 4.78 is 5.53. The quantitative estimate of drug-likeness (QED) is 0.655.